The lowest BCUT2D eigenvalue weighted by atomic mass is 9.93. The van der Waals surface area contributed by atoms with E-state index in [1.54, 1.807) is 6.20 Å². The molecule has 2 aromatic rings. The normalized spacial score (nSPS) is 19.0. The molecule has 0 aliphatic carbocycles. The van der Waals surface area contributed by atoms with Crippen LogP contribution in [0.2, 0.25) is 0 Å². The van der Waals surface area contributed by atoms with Crippen LogP contribution in [0.25, 0.3) is 0 Å². The van der Waals surface area contributed by atoms with Crippen molar-refractivity contribution in [2.24, 2.45) is 5.73 Å². The minimum Gasteiger partial charge on any atom is -0.485 e. The smallest absolute Gasteiger partial charge is 0.252 e. The van der Waals surface area contributed by atoms with E-state index in [-0.39, 0.29) is 5.60 Å². The number of primary amides is 1. The van der Waals surface area contributed by atoms with Crippen molar-refractivity contribution in [1.82, 2.24) is 4.98 Å². The number of hydrogen-bond donors (Lipinski definition) is 1. The van der Waals surface area contributed by atoms with Crippen LogP contribution in [0.1, 0.15) is 28.8 Å². The van der Waals surface area contributed by atoms with E-state index in [4.69, 9.17) is 15.2 Å². The number of ether oxygens (including phenoxy) is 2. The molecule has 4 rings (SSSR count). The van der Waals surface area contributed by atoms with Gasteiger partial charge >= 0.3 is 0 Å². The standard InChI is InChI=1S/C19H21N3O3/c20-18(23)15-11-21-8-5-16(15)22-12-14-3-1-2-4-17(14)25-19(13-22)6-9-24-10-7-19/h1-5,8,11H,6-7,9-10,12-13H2,(H2,20,23). The summed E-state index contributed by atoms with van der Waals surface area (Å²) in [5.74, 6) is 0.434. The summed E-state index contributed by atoms with van der Waals surface area (Å²) in [6.07, 6.45) is 4.85. The van der Waals surface area contributed by atoms with Gasteiger partial charge in [-0.15, -0.1) is 0 Å². The third kappa shape index (κ3) is 3.05. The first-order valence-corrected chi connectivity index (χ1v) is 8.50. The van der Waals surface area contributed by atoms with E-state index in [9.17, 15) is 4.79 Å². The number of amides is 1. The van der Waals surface area contributed by atoms with Gasteiger partial charge in [-0.3, -0.25) is 9.78 Å². The zero-order valence-corrected chi connectivity index (χ0v) is 14.0. The highest BCUT2D eigenvalue weighted by Gasteiger charge is 2.40. The second-order valence-corrected chi connectivity index (χ2v) is 6.62. The van der Waals surface area contributed by atoms with Crippen LogP contribution in [0.15, 0.2) is 42.7 Å². The van der Waals surface area contributed by atoms with Gasteiger partial charge in [0.25, 0.3) is 5.91 Å². The van der Waals surface area contributed by atoms with Crippen molar-refractivity contribution in [3.05, 3.63) is 53.9 Å². The van der Waals surface area contributed by atoms with Gasteiger partial charge in [-0.05, 0) is 12.1 Å². The lowest BCUT2D eigenvalue weighted by Gasteiger charge is -2.39. The van der Waals surface area contributed by atoms with Gasteiger partial charge in [0.05, 0.1) is 31.0 Å². The molecule has 1 aromatic heterocycles. The highest BCUT2D eigenvalue weighted by atomic mass is 16.5. The summed E-state index contributed by atoms with van der Waals surface area (Å²) in [4.78, 5) is 18.1. The minimum atomic E-state index is -0.470. The number of carbonyl (C=O) groups is 1. The summed E-state index contributed by atoms with van der Waals surface area (Å²) in [7, 11) is 0. The zero-order valence-electron chi connectivity index (χ0n) is 14.0. The van der Waals surface area contributed by atoms with Gasteiger partial charge in [0.15, 0.2) is 0 Å². The van der Waals surface area contributed by atoms with Crippen molar-refractivity contribution < 1.29 is 14.3 Å². The van der Waals surface area contributed by atoms with Crippen LogP contribution in [0.4, 0.5) is 5.69 Å². The van der Waals surface area contributed by atoms with Gasteiger partial charge in [0, 0.05) is 37.3 Å². The van der Waals surface area contributed by atoms with Crippen LogP contribution >= 0.6 is 0 Å². The lowest BCUT2D eigenvalue weighted by Crippen LogP contribution is -2.50. The maximum atomic E-state index is 11.9. The number of benzene rings is 1. The third-order valence-electron chi connectivity index (χ3n) is 4.95. The summed E-state index contributed by atoms with van der Waals surface area (Å²) >= 11 is 0. The monoisotopic (exact) mass is 339 g/mol. The maximum Gasteiger partial charge on any atom is 0.252 e. The Balaban J connectivity index is 1.79. The van der Waals surface area contributed by atoms with Crippen LogP contribution in [-0.2, 0) is 11.3 Å². The molecule has 25 heavy (non-hydrogen) atoms. The summed E-state index contributed by atoms with van der Waals surface area (Å²) in [5.41, 5.74) is 7.57. The second-order valence-electron chi connectivity index (χ2n) is 6.62. The molecule has 1 spiro atoms. The fourth-order valence-corrected chi connectivity index (χ4v) is 3.64. The molecule has 1 saturated heterocycles. The number of aromatic nitrogens is 1. The van der Waals surface area contributed by atoms with E-state index in [0.717, 1.165) is 29.8 Å². The minimum absolute atomic E-state index is 0.330. The fraction of sp³-hybridized carbons (Fsp3) is 0.368. The van der Waals surface area contributed by atoms with Crippen LogP contribution in [0.5, 0.6) is 5.75 Å². The third-order valence-corrected chi connectivity index (χ3v) is 4.95. The molecule has 0 bridgehead atoms. The molecule has 6 nitrogen and oxygen atoms in total. The molecule has 0 unspecified atom stereocenters. The van der Waals surface area contributed by atoms with E-state index < -0.39 is 5.91 Å². The number of hydrogen-bond acceptors (Lipinski definition) is 5. The quantitative estimate of drug-likeness (QED) is 0.907. The average Bonchev–Trinajstić information content (AvgIpc) is 2.78. The SMILES string of the molecule is NC(=O)c1cnccc1N1Cc2ccccc2OC2(CCOCC2)C1. The topological polar surface area (TPSA) is 77.7 Å². The van der Waals surface area contributed by atoms with Gasteiger partial charge < -0.3 is 20.1 Å². The largest absolute Gasteiger partial charge is 0.485 e. The van der Waals surface area contributed by atoms with Gasteiger partial charge in [-0.25, -0.2) is 0 Å². The molecule has 6 heteroatoms. The van der Waals surface area contributed by atoms with Gasteiger partial charge in [0.1, 0.15) is 11.4 Å². The Morgan fingerprint density at radius 2 is 2.00 bits per heavy atom. The first-order valence-electron chi connectivity index (χ1n) is 8.50. The summed E-state index contributed by atoms with van der Waals surface area (Å²) in [5, 5.41) is 0. The van der Waals surface area contributed by atoms with Gasteiger partial charge in [-0.2, -0.15) is 0 Å². The number of anilines is 1. The van der Waals surface area contributed by atoms with E-state index >= 15 is 0 Å². The predicted molar refractivity (Wildman–Crippen MR) is 93.7 cm³/mol. The molecular formula is C19H21N3O3. The molecule has 2 aliphatic heterocycles. The Morgan fingerprint density at radius 1 is 1.20 bits per heavy atom. The number of para-hydroxylation sites is 1. The molecular weight excluding hydrogens is 318 g/mol. The van der Waals surface area contributed by atoms with Gasteiger partial charge in [-0.1, -0.05) is 18.2 Å². The highest BCUT2D eigenvalue weighted by Crippen LogP contribution is 2.37. The van der Waals surface area contributed by atoms with Crippen molar-refractivity contribution in [2.75, 3.05) is 24.7 Å². The number of fused-ring (bicyclic) bond motifs is 1. The number of nitrogens with zero attached hydrogens (tertiary/aromatic N) is 2. The summed E-state index contributed by atoms with van der Waals surface area (Å²) in [6, 6.07) is 9.91. The van der Waals surface area contributed by atoms with E-state index in [0.29, 0.717) is 31.9 Å². The van der Waals surface area contributed by atoms with Crippen LogP contribution in [-0.4, -0.2) is 36.3 Å². The highest BCUT2D eigenvalue weighted by molar-refractivity contribution is 5.98. The van der Waals surface area contributed by atoms with Crippen molar-refractivity contribution in [2.45, 2.75) is 25.0 Å². The van der Waals surface area contributed by atoms with Crippen molar-refractivity contribution >= 4 is 11.6 Å². The summed E-state index contributed by atoms with van der Waals surface area (Å²) < 4.78 is 12.0. The molecule has 0 atom stereocenters. The molecule has 130 valence electrons. The Kier molecular flexibility index (Phi) is 4.05. The molecule has 0 radical (unpaired) electrons. The van der Waals surface area contributed by atoms with Crippen molar-refractivity contribution in [3.63, 3.8) is 0 Å². The van der Waals surface area contributed by atoms with Crippen molar-refractivity contribution in [3.8, 4) is 5.75 Å². The lowest BCUT2D eigenvalue weighted by molar-refractivity contribution is -0.0390. The maximum absolute atomic E-state index is 11.9. The van der Waals surface area contributed by atoms with E-state index in [1.165, 1.54) is 6.20 Å². The predicted octanol–water partition coefficient (Wildman–Crippen LogP) is 2.13. The molecule has 0 saturated carbocycles. The zero-order chi connectivity index (χ0) is 17.3. The van der Waals surface area contributed by atoms with E-state index in [1.807, 2.05) is 24.3 Å². The molecule has 1 aromatic carbocycles. The number of nitrogens with two attached hydrogens (primary N) is 1. The summed E-state index contributed by atoms with van der Waals surface area (Å²) in [6.45, 7) is 2.68. The second kappa shape index (κ2) is 6.37. The number of carbonyl (C=O) groups excluding carboxylic acids is 1. The van der Waals surface area contributed by atoms with Crippen LogP contribution in [0, 0.1) is 0 Å². The Morgan fingerprint density at radius 3 is 2.80 bits per heavy atom. The molecule has 3 heterocycles. The molecule has 1 fully saturated rings. The first kappa shape index (κ1) is 15.9. The van der Waals surface area contributed by atoms with Crippen molar-refractivity contribution in [1.29, 1.82) is 0 Å². The molecule has 2 aliphatic rings. The van der Waals surface area contributed by atoms with E-state index in [2.05, 4.69) is 16.0 Å². The Hall–Kier alpha value is -2.60. The van der Waals surface area contributed by atoms with Crippen LogP contribution in [0.3, 0.4) is 0 Å². The Bertz CT molecular complexity index is 787. The number of rotatable bonds is 2. The Labute approximate surface area is 146 Å². The fourth-order valence-electron chi connectivity index (χ4n) is 3.64. The number of pyridine rings is 1. The molecule has 1 amide bonds. The van der Waals surface area contributed by atoms with Crippen LogP contribution < -0.4 is 15.4 Å². The molecule has 2 N–H and O–H groups in total. The van der Waals surface area contributed by atoms with Gasteiger partial charge in [0.2, 0.25) is 0 Å². The first-order chi connectivity index (χ1) is 12.2. The average molecular weight is 339 g/mol.